The van der Waals surface area contributed by atoms with Gasteiger partial charge in [0.25, 0.3) is 0 Å². The Morgan fingerprint density at radius 3 is 2.88 bits per heavy atom. The average molecular weight is 246 g/mol. The first-order valence-electron chi connectivity index (χ1n) is 5.12. The van der Waals surface area contributed by atoms with E-state index in [0.29, 0.717) is 11.1 Å². The molecule has 1 aromatic carbocycles. The van der Waals surface area contributed by atoms with Crippen molar-refractivity contribution in [3.63, 3.8) is 0 Å². The summed E-state index contributed by atoms with van der Waals surface area (Å²) in [5.74, 6) is -0.438. The summed E-state index contributed by atoms with van der Waals surface area (Å²) >= 11 is 1.55. The van der Waals surface area contributed by atoms with Gasteiger partial charge in [0.2, 0.25) is 0 Å². The number of aromatic amines is 1. The molecule has 86 valence electrons. The Morgan fingerprint density at radius 2 is 2.18 bits per heavy atom. The van der Waals surface area contributed by atoms with Crippen molar-refractivity contribution >= 4 is 27.4 Å². The number of nitrogens with one attached hydrogen (secondary N) is 1. The molecule has 0 aliphatic rings. The first kappa shape index (κ1) is 10.2. The van der Waals surface area contributed by atoms with Crippen LogP contribution in [0.1, 0.15) is 4.88 Å². The van der Waals surface area contributed by atoms with E-state index < -0.39 is 5.76 Å². The molecule has 3 rings (SSSR count). The van der Waals surface area contributed by atoms with Crippen LogP contribution in [0.15, 0.2) is 33.5 Å². The predicted molar refractivity (Wildman–Crippen MR) is 69.3 cm³/mol. The fraction of sp³-hybridized carbons (Fsp3) is 0.0833. The number of thiophene rings is 1. The molecule has 3 aromatic rings. The number of hydrogen-bond acceptors (Lipinski definition) is 4. The maximum atomic E-state index is 11.1. The lowest BCUT2D eigenvalue weighted by atomic mass is 10.1. The van der Waals surface area contributed by atoms with E-state index in [9.17, 15) is 4.79 Å². The van der Waals surface area contributed by atoms with Crippen molar-refractivity contribution in [1.29, 1.82) is 0 Å². The number of benzene rings is 1. The van der Waals surface area contributed by atoms with Crippen LogP contribution in [0.5, 0.6) is 0 Å². The quantitative estimate of drug-likeness (QED) is 0.693. The predicted octanol–water partition coefficient (Wildman–Crippen LogP) is 2.74. The maximum absolute atomic E-state index is 11.1. The molecule has 0 atom stereocenters. The summed E-state index contributed by atoms with van der Waals surface area (Å²) in [4.78, 5) is 14.8. The Balaban J connectivity index is 2.23. The third kappa shape index (κ3) is 1.64. The molecule has 0 radical (unpaired) electrons. The van der Waals surface area contributed by atoms with Gasteiger partial charge in [0.15, 0.2) is 5.58 Å². The molecule has 0 aliphatic heterocycles. The Kier molecular flexibility index (Phi) is 2.09. The molecule has 0 amide bonds. The molecule has 4 nitrogen and oxygen atoms in total. The van der Waals surface area contributed by atoms with Gasteiger partial charge in [-0.2, -0.15) is 0 Å². The number of nitrogens with two attached hydrogens (primary N) is 1. The lowest BCUT2D eigenvalue weighted by Crippen LogP contribution is -1.92. The molecule has 17 heavy (non-hydrogen) atoms. The molecule has 2 heterocycles. The molecule has 3 N–H and O–H groups in total. The normalized spacial score (nSPS) is 11.1. The minimum absolute atomic E-state index is 0.438. The van der Waals surface area contributed by atoms with Gasteiger partial charge in [0.05, 0.1) is 10.5 Å². The molecular weight excluding hydrogens is 236 g/mol. The summed E-state index contributed by atoms with van der Waals surface area (Å²) in [6, 6.07) is 7.60. The van der Waals surface area contributed by atoms with Gasteiger partial charge in [-0.25, -0.2) is 4.79 Å². The fourth-order valence-electron chi connectivity index (χ4n) is 1.87. The summed E-state index contributed by atoms with van der Waals surface area (Å²) in [7, 11) is 0. The van der Waals surface area contributed by atoms with Gasteiger partial charge in [0, 0.05) is 10.4 Å². The number of nitrogen functional groups attached to an aromatic ring is 1. The van der Waals surface area contributed by atoms with Crippen LogP contribution in [0.25, 0.3) is 22.2 Å². The van der Waals surface area contributed by atoms with Gasteiger partial charge in [-0.3, -0.25) is 4.98 Å². The monoisotopic (exact) mass is 246 g/mol. The second-order valence-corrected chi connectivity index (χ2v) is 5.15. The average Bonchev–Trinajstić information content (AvgIpc) is 2.78. The lowest BCUT2D eigenvalue weighted by Gasteiger charge is -1.99. The maximum Gasteiger partial charge on any atom is 0.417 e. The van der Waals surface area contributed by atoms with E-state index in [0.717, 1.165) is 21.0 Å². The largest absolute Gasteiger partial charge is 0.417 e. The number of fused-ring (bicyclic) bond motifs is 1. The van der Waals surface area contributed by atoms with Crippen LogP contribution in [0, 0.1) is 6.92 Å². The highest BCUT2D eigenvalue weighted by Crippen LogP contribution is 2.34. The van der Waals surface area contributed by atoms with E-state index in [1.165, 1.54) is 0 Å². The Labute approximate surface area is 101 Å². The van der Waals surface area contributed by atoms with Gasteiger partial charge < -0.3 is 10.2 Å². The lowest BCUT2D eigenvalue weighted by molar-refractivity contribution is 0.555. The molecule has 0 saturated carbocycles. The zero-order chi connectivity index (χ0) is 12.0. The van der Waals surface area contributed by atoms with E-state index in [1.54, 1.807) is 11.3 Å². The van der Waals surface area contributed by atoms with Crippen molar-refractivity contribution in [2.45, 2.75) is 6.92 Å². The highest BCUT2D eigenvalue weighted by Gasteiger charge is 2.08. The van der Waals surface area contributed by atoms with E-state index in [2.05, 4.69) is 4.98 Å². The minimum atomic E-state index is -0.438. The van der Waals surface area contributed by atoms with Gasteiger partial charge in [-0.15, -0.1) is 11.3 Å². The molecule has 2 aromatic heterocycles. The number of oxazole rings is 1. The third-order valence-electron chi connectivity index (χ3n) is 2.62. The Bertz CT molecular complexity index is 751. The summed E-state index contributed by atoms with van der Waals surface area (Å²) in [5.41, 5.74) is 9.14. The van der Waals surface area contributed by atoms with E-state index in [-0.39, 0.29) is 0 Å². The summed E-state index contributed by atoms with van der Waals surface area (Å²) in [6.07, 6.45) is 0. The van der Waals surface area contributed by atoms with Crippen LogP contribution >= 0.6 is 11.3 Å². The molecule has 5 heteroatoms. The minimum Gasteiger partial charge on any atom is -0.408 e. The van der Waals surface area contributed by atoms with Crippen molar-refractivity contribution in [3.8, 4) is 11.1 Å². The number of H-pyrrole nitrogens is 1. The smallest absolute Gasteiger partial charge is 0.408 e. The van der Waals surface area contributed by atoms with Crippen LogP contribution in [-0.2, 0) is 0 Å². The molecule has 0 unspecified atom stereocenters. The van der Waals surface area contributed by atoms with Crippen molar-refractivity contribution < 1.29 is 4.42 Å². The van der Waals surface area contributed by atoms with E-state index >= 15 is 0 Å². The third-order valence-corrected chi connectivity index (χ3v) is 3.50. The van der Waals surface area contributed by atoms with Gasteiger partial charge in [-0.1, -0.05) is 6.07 Å². The zero-order valence-corrected chi connectivity index (χ0v) is 9.93. The standard InChI is InChI=1S/C12H10N2O2S/c1-6-4-8(11(13)17-6)7-2-3-9-10(5-7)16-12(15)14-9/h2-5H,13H2,1H3,(H,14,15). The number of hydrogen-bond donors (Lipinski definition) is 2. The molecule has 0 saturated heterocycles. The number of rotatable bonds is 1. The Morgan fingerprint density at radius 1 is 1.35 bits per heavy atom. The van der Waals surface area contributed by atoms with Gasteiger partial charge >= 0.3 is 5.76 Å². The summed E-state index contributed by atoms with van der Waals surface area (Å²) in [6.45, 7) is 2.01. The highest BCUT2D eigenvalue weighted by atomic mass is 32.1. The van der Waals surface area contributed by atoms with Crippen LogP contribution in [0.4, 0.5) is 5.00 Å². The summed E-state index contributed by atoms with van der Waals surface area (Å²) in [5, 5.41) is 0.778. The number of aryl methyl sites for hydroxylation is 1. The number of aromatic nitrogens is 1. The SMILES string of the molecule is Cc1cc(-c2ccc3[nH]c(=O)oc3c2)c(N)s1. The van der Waals surface area contributed by atoms with Crippen molar-refractivity contribution in [1.82, 2.24) is 4.98 Å². The van der Waals surface area contributed by atoms with Gasteiger partial charge in [0.1, 0.15) is 0 Å². The Hall–Kier alpha value is -2.01. The van der Waals surface area contributed by atoms with Crippen LogP contribution in [0.3, 0.4) is 0 Å². The van der Waals surface area contributed by atoms with Gasteiger partial charge in [-0.05, 0) is 30.7 Å². The van der Waals surface area contributed by atoms with E-state index in [1.807, 2.05) is 31.2 Å². The van der Waals surface area contributed by atoms with Crippen LogP contribution < -0.4 is 11.5 Å². The van der Waals surface area contributed by atoms with Crippen molar-refractivity contribution in [2.24, 2.45) is 0 Å². The fourth-order valence-corrected chi connectivity index (χ4v) is 2.68. The molecule has 0 bridgehead atoms. The topological polar surface area (TPSA) is 72.0 Å². The van der Waals surface area contributed by atoms with Crippen LogP contribution in [0.2, 0.25) is 0 Å². The van der Waals surface area contributed by atoms with E-state index in [4.69, 9.17) is 10.2 Å². The zero-order valence-electron chi connectivity index (χ0n) is 9.11. The van der Waals surface area contributed by atoms with Crippen molar-refractivity contribution in [3.05, 3.63) is 39.7 Å². The first-order valence-corrected chi connectivity index (χ1v) is 5.94. The highest BCUT2D eigenvalue weighted by molar-refractivity contribution is 7.16. The summed E-state index contributed by atoms with van der Waals surface area (Å²) < 4.78 is 5.03. The number of anilines is 1. The van der Waals surface area contributed by atoms with Crippen LogP contribution in [-0.4, -0.2) is 4.98 Å². The molecule has 0 fully saturated rings. The molecular formula is C12H10N2O2S. The van der Waals surface area contributed by atoms with Crippen molar-refractivity contribution in [2.75, 3.05) is 5.73 Å². The molecule has 0 aliphatic carbocycles. The second kappa shape index (κ2) is 3.49. The second-order valence-electron chi connectivity index (χ2n) is 3.86. The molecule has 0 spiro atoms. The first-order chi connectivity index (χ1) is 8.13.